The summed E-state index contributed by atoms with van der Waals surface area (Å²) in [5.74, 6) is 0. The number of thiazole rings is 1. The van der Waals surface area contributed by atoms with E-state index in [4.69, 9.17) is 0 Å². The van der Waals surface area contributed by atoms with E-state index in [-0.39, 0.29) is 0 Å². The van der Waals surface area contributed by atoms with E-state index in [2.05, 4.69) is 39.6 Å². The number of nitrogens with one attached hydrogen (secondary N) is 1. The maximum Gasteiger partial charge on any atom is 0.204 e. The molecule has 0 bridgehead atoms. The number of aryl methyl sites for hydroxylation is 1. The number of benzene rings is 1. The fraction of sp³-hybridized carbons (Fsp3) is 0.0625. The van der Waals surface area contributed by atoms with Crippen LogP contribution in [0.3, 0.4) is 0 Å². The molecule has 0 saturated carbocycles. The molecular formula is C16H14N4S. The summed E-state index contributed by atoms with van der Waals surface area (Å²) in [4.78, 5) is 9.73. The Hall–Kier alpha value is -2.53. The van der Waals surface area contributed by atoms with Gasteiger partial charge in [-0.3, -0.25) is 10.4 Å². The fourth-order valence-electron chi connectivity index (χ4n) is 1.92. The number of aromatic nitrogens is 2. The van der Waals surface area contributed by atoms with E-state index in [0.29, 0.717) is 0 Å². The summed E-state index contributed by atoms with van der Waals surface area (Å²) in [6.45, 7) is 2.07. The molecule has 0 aliphatic heterocycles. The van der Waals surface area contributed by atoms with Crippen LogP contribution in [-0.4, -0.2) is 16.2 Å². The molecule has 0 amide bonds. The van der Waals surface area contributed by atoms with Crippen molar-refractivity contribution in [3.8, 4) is 11.3 Å². The second-order valence-corrected chi connectivity index (χ2v) is 5.64. The van der Waals surface area contributed by atoms with Crippen LogP contribution in [0.25, 0.3) is 11.3 Å². The quantitative estimate of drug-likeness (QED) is 0.585. The molecule has 0 saturated heterocycles. The van der Waals surface area contributed by atoms with Gasteiger partial charge in [0.05, 0.1) is 11.9 Å². The minimum Gasteiger partial charge on any atom is -0.265 e. The van der Waals surface area contributed by atoms with Crippen LogP contribution in [-0.2, 0) is 0 Å². The van der Waals surface area contributed by atoms with Gasteiger partial charge in [-0.2, -0.15) is 5.10 Å². The van der Waals surface area contributed by atoms with Gasteiger partial charge in [-0.15, -0.1) is 11.3 Å². The van der Waals surface area contributed by atoms with Gasteiger partial charge >= 0.3 is 0 Å². The standard InChI is InChI=1S/C16H14N4S/c1-12-15(14-5-3-2-4-6-14)19-16(21-12)20-18-11-13-7-9-17-10-8-13/h2-11H,1H3,(H,19,20)/b18-11+. The molecule has 1 aromatic carbocycles. The summed E-state index contributed by atoms with van der Waals surface area (Å²) in [5.41, 5.74) is 6.10. The van der Waals surface area contributed by atoms with Crippen molar-refractivity contribution in [1.29, 1.82) is 0 Å². The predicted octanol–water partition coefficient (Wildman–Crippen LogP) is 3.96. The Bertz CT molecular complexity index is 735. The molecule has 3 rings (SSSR count). The first-order valence-electron chi connectivity index (χ1n) is 6.55. The SMILES string of the molecule is Cc1sc(N/N=C/c2ccncc2)nc1-c1ccccc1. The number of hydrogen-bond donors (Lipinski definition) is 1. The predicted molar refractivity (Wildman–Crippen MR) is 87.7 cm³/mol. The molecule has 21 heavy (non-hydrogen) atoms. The molecule has 2 aromatic heterocycles. The molecule has 3 aromatic rings. The van der Waals surface area contributed by atoms with Crippen molar-refractivity contribution in [3.05, 3.63) is 65.3 Å². The van der Waals surface area contributed by atoms with Crippen molar-refractivity contribution in [2.75, 3.05) is 5.43 Å². The Labute approximate surface area is 127 Å². The largest absolute Gasteiger partial charge is 0.265 e. The van der Waals surface area contributed by atoms with Gasteiger partial charge in [0.25, 0.3) is 0 Å². The van der Waals surface area contributed by atoms with Crippen LogP contribution in [0.15, 0.2) is 60.0 Å². The number of nitrogens with zero attached hydrogens (tertiary/aromatic N) is 3. The lowest BCUT2D eigenvalue weighted by Crippen LogP contribution is -1.90. The third-order valence-corrected chi connectivity index (χ3v) is 3.80. The van der Waals surface area contributed by atoms with Crippen molar-refractivity contribution in [2.45, 2.75) is 6.92 Å². The molecule has 0 unspecified atom stereocenters. The molecule has 0 radical (unpaired) electrons. The average molecular weight is 294 g/mol. The number of hydrogen-bond acceptors (Lipinski definition) is 5. The van der Waals surface area contributed by atoms with Crippen molar-refractivity contribution in [1.82, 2.24) is 9.97 Å². The second-order valence-electron chi connectivity index (χ2n) is 4.44. The average Bonchev–Trinajstić information content (AvgIpc) is 2.90. The highest BCUT2D eigenvalue weighted by Crippen LogP contribution is 2.30. The minimum atomic E-state index is 0.789. The van der Waals surface area contributed by atoms with Crippen LogP contribution in [0.4, 0.5) is 5.13 Å². The highest BCUT2D eigenvalue weighted by atomic mass is 32.1. The van der Waals surface area contributed by atoms with Gasteiger partial charge in [0.2, 0.25) is 5.13 Å². The van der Waals surface area contributed by atoms with E-state index in [9.17, 15) is 0 Å². The van der Waals surface area contributed by atoms with E-state index < -0.39 is 0 Å². The zero-order valence-corrected chi connectivity index (χ0v) is 12.3. The molecule has 4 nitrogen and oxygen atoms in total. The highest BCUT2D eigenvalue weighted by molar-refractivity contribution is 7.15. The van der Waals surface area contributed by atoms with Gasteiger partial charge in [0.15, 0.2) is 0 Å². The van der Waals surface area contributed by atoms with Crippen LogP contribution < -0.4 is 5.43 Å². The Morgan fingerprint density at radius 1 is 1.10 bits per heavy atom. The van der Waals surface area contributed by atoms with Crippen LogP contribution >= 0.6 is 11.3 Å². The number of rotatable bonds is 4. The maximum atomic E-state index is 4.59. The van der Waals surface area contributed by atoms with Gasteiger partial charge in [0.1, 0.15) is 0 Å². The second kappa shape index (κ2) is 6.28. The number of hydrazone groups is 1. The van der Waals surface area contributed by atoms with Crippen molar-refractivity contribution in [2.24, 2.45) is 5.10 Å². The normalized spacial score (nSPS) is 10.9. The molecular weight excluding hydrogens is 280 g/mol. The fourth-order valence-corrected chi connectivity index (χ4v) is 2.71. The first-order valence-corrected chi connectivity index (χ1v) is 7.36. The van der Waals surface area contributed by atoms with Crippen molar-refractivity contribution < 1.29 is 0 Å². The first-order chi connectivity index (χ1) is 10.3. The van der Waals surface area contributed by atoms with Crippen LogP contribution in [0.1, 0.15) is 10.4 Å². The van der Waals surface area contributed by atoms with Gasteiger partial charge < -0.3 is 0 Å². The van der Waals surface area contributed by atoms with E-state index >= 15 is 0 Å². The summed E-state index contributed by atoms with van der Waals surface area (Å²) in [6.07, 6.45) is 5.23. The molecule has 0 aliphatic carbocycles. The molecule has 0 atom stereocenters. The van der Waals surface area contributed by atoms with Crippen LogP contribution in [0.2, 0.25) is 0 Å². The molecule has 5 heteroatoms. The summed E-state index contributed by atoms with van der Waals surface area (Å²) >= 11 is 1.60. The zero-order valence-electron chi connectivity index (χ0n) is 11.5. The Balaban J connectivity index is 1.75. The summed E-state index contributed by atoms with van der Waals surface area (Å²) < 4.78 is 0. The van der Waals surface area contributed by atoms with E-state index in [1.54, 1.807) is 29.9 Å². The topological polar surface area (TPSA) is 50.2 Å². The zero-order chi connectivity index (χ0) is 14.5. The molecule has 1 N–H and O–H groups in total. The van der Waals surface area contributed by atoms with Crippen molar-refractivity contribution in [3.63, 3.8) is 0 Å². The van der Waals surface area contributed by atoms with Gasteiger partial charge in [-0.25, -0.2) is 4.98 Å². The number of anilines is 1. The molecule has 2 heterocycles. The lowest BCUT2D eigenvalue weighted by atomic mass is 10.1. The van der Waals surface area contributed by atoms with Crippen LogP contribution in [0, 0.1) is 6.92 Å². The molecule has 0 aliphatic rings. The molecule has 104 valence electrons. The van der Waals surface area contributed by atoms with Gasteiger partial charge in [0, 0.05) is 22.8 Å². The summed E-state index contributed by atoms with van der Waals surface area (Å²) in [6, 6.07) is 14.0. The van der Waals surface area contributed by atoms with Gasteiger partial charge in [-0.1, -0.05) is 30.3 Å². The Morgan fingerprint density at radius 3 is 2.62 bits per heavy atom. The third-order valence-electron chi connectivity index (χ3n) is 2.92. The minimum absolute atomic E-state index is 0.789. The van der Waals surface area contributed by atoms with E-state index in [1.807, 2.05) is 30.3 Å². The van der Waals surface area contributed by atoms with E-state index in [0.717, 1.165) is 22.0 Å². The monoisotopic (exact) mass is 294 g/mol. The third kappa shape index (κ3) is 3.32. The van der Waals surface area contributed by atoms with E-state index in [1.165, 1.54) is 4.88 Å². The van der Waals surface area contributed by atoms with Gasteiger partial charge in [-0.05, 0) is 24.6 Å². The Kier molecular flexibility index (Phi) is 4.02. The molecule has 0 spiro atoms. The summed E-state index contributed by atoms with van der Waals surface area (Å²) in [5, 5.41) is 4.99. The van der Waals surface area contributed by atoms with Crippen LogP contribution in [0.5, 0.6) is 0 Å². The lowest BCUT2D eigenvalue weighted by Gasteiger charge is -1.96. The smallest absolute Gasteiger partial charge is 0.204 e. The Morgan fingerprint density at radius 2 is 1.86 bits per heavy atom. The molecule has 0 fully saturated rings. The summed E-state index contributed by atoms with van der Waals surface area (Å²) in [7, 11) is 0. The highest BCUT2D eigenvalue weighted by Gasteiger charge is 2.08. The van der Waals surface area contributed by atoms with Crippen molar-refractivity contribution >= 4 is 22.7 Å². The number of pyridine rings is 1. The lowest BCUT2D eigenvalue weighted by molar-refractivity contribution is 1.28. The first kappa shape index (κ1) is 13.5. The maximum absolute atomic E-state index is 4.59.